The fourth-order valence-electron chi connectivity index (χ4n) is 2.49. The number of hydrogen-bond donors (Lipinski definition) is 2. The van der Waals surface area contributed by atoms with Crippen LogP contribution in [0, 0.1) is 5.92 Å². The van der Waals surface area contributed by atoms with Gasteiger partial charge in [0.15, 0.2) is 0 Å². The van der Waals surface area contributed by atoms with Crippen LogP contribution in [0.25, 0.3) is 0 Å². The number of hydrogen-bond acceptors (Lipinski definition) is 6. The fourth-order valence-corrected chi connectivity index (χ4v) is 5.21. The number of nitrogens with one attached hydrogen (secondary N) is 1. The van der Waals surface area contributed by atoms with Crippen LogP contribution >= 0.6 is 11.3 Å². The summed E-state index contributed by atoms with van der Waals surface area (Å²) < 4.78 is 31.8. The van der Waals surface area contributed by atoms with Gasteiger partial charge in [0, 0.05) is 31.1 Å². The molecule has 1 unspecified atom stereocenters. The van der Waals surface area contributed by atoms with Gasteiger partial charge in [0.05, 0.1) is 18.8 Å². The summed E-state index contributed by atoms with van der Waals surface area (Å²) in [4.78, 5) is 12.1. The molecule has 1 saturated heterocycles. The third-order valence-corrected chi connectivity index (χ3v) is 7.44. The molecule has 9 heteroatoms. The number of rotatable bonds is 6. The topological polar surface area (TPSA) is 102 Å². The lowest BCUT2D eigenvalue weighted by atomic mass is 10.2. The second kappa shape index (κ2) is 6.86. The molecule has 0 spiro atoms. The number of nitrogens with two attached hydrogens (primary N) is 1. The van der Waals surface area contributed by atoms with Gasteiger partial charge in [-0.15, -0.1) is 11.3 Å². The van der Waals surface area contributed by atoms with Crippen molar-refractivity contribution in [3.8, 4) is 0 Å². The van der Waals surface area contributed by atoms with Gasteiger partial charge in [-0.3, -0.25) is 4.79 Å². The van der Waals surface area contributed by atoms with E-state index in [1.54, 1.807) is 5.38 Å². The van der Waals surface area contributed by atoms with E-state index in [0.717, 1.165) is 24.2 Å². The van der Waals surface area contributed by atoms with Gasteiger partial charge in [-0.25, -0.2) is 8.42 Å². The lowest BCUT2D eigenvalue weighted by Crippen LogP contribution is -2.40. The molecule has 1 amide bonds. The average molecular weight is 359 g/mol. The van der Waals surface area contributed by atoms with Gasteiger partial charge in [-0.1, -0.05) is 0 Å². The summed E-state index contributed by atoms with van der Waals surface area (Å²) in [6.45, 7) is 1.91. The van der Waals surface area contributed by atoms with E-state index in [4.69, 9.17) is 10.5 Å². The maximum atomic E-state index is 12.5. The van der Waals surface area contributed by atoms with Crippen molar-refractivity contribution in [1.82, 2.24) is 9.62 Å². The monoisotopic (exact) mass is 359 g/mol. The van der Waals surface area contributed by atoms with E-state index < -0.39 is 10.0 Å². The maximum absolute atomic E-state index is 12.5. The van der Waals surface area contributed by atoms with E-state index in [-0.39, 0.29) is 16.2 Å². The van der Waals surface area contributed by atoms with Crippen molar-refractivity contribution in [3.05, 3.63) is 17.0 Å². The molecule has 1 atom stereocenters. The summed E-state index contributed by atoms with van der Waals surface area (Å²) in [5.41, 5.74) is 6.32. The van der Waals surface area contributed by atoms with Crippen LogP contribution in [-0.2, 0) is 14.8 Å². The predicted octanol–water partition coefficient (Wildman–Crippen LogP) is 0.236. The molecular formula is C14H21N3O4S2. The van der Waals surface area contributed by atoms with Crippen molar-refractivity contribution in [2.75, 3.05) is 32.8 Å². The Morgan fingerprint density at radius 1 is 1.43 bits per heavy atom. The highest BCUT2D eigenvalue weighted by atomic mass is 32.2. The van der Waals surface area contributed by atoms with Crippen LogP contribution in [-0.4, -0.2) is 57.5 Å². The largest absolute Gasteiger partial charge is 0.379 e. The molecule has 2 fully saturated rings. The van der Waals surface area contributed by atoms with Crippen LogP contribution in [0.1, 0.15) is 23.2 Å². The minimum atomic E-state index is -3.54. The van der Waals surface area contributed by atoms with Gasteiger partial charge in [-0.05, 0) is 24.8 Å². The van der Waals surface area contributed by atoms with E-state index in [9.17, 15) is 13.2 Å². The van der Waals surface area contributed by atoms with Gasteiger partial charge in [0.25, 0.3) is 15.9 Å². The maximum Gasteiger partial charge on any atom is 0.252 e. The number of thiophene rings is 1. The number of morpholine rings is 1. The smallest absolute Gasteiger partial charge is 0.252 e. The molecule has 0 aromatic carbocycles. The highest BCUT2D eigenvalue weighted by Gasteiger charge is 2.30. The van der Waals surface area contributed by atoms with E-state index >= 15 is 0 Å². The van der Waals surface area contributed by atoms with Crippen molar-refractivity contribution >= 4 is 27.3 Å². The minimum Gasteiger partial charge on any atom is -0.379 e. The van der Waals surface area contributed by atoms with Crippen LogP contribution in [0.5, 0.6) is 0 Å². The van der Waals surface area contributed by atoms with Crippen molar-refractivity contribution in [1.29, 1.82) is 0 Å². The molecule has 23 heavy (non-hydrogen) atoms. The zero-order chi connectivity index (χ0) is 16.4. The Morgan fingerprint density at radius 2 is 2.13 bits per heavy atom. The SMILES string of the molecule is NC(CNC(=O)c1csc(S(=O)(=O)N2CCOCC2)c1)C1CC1. The molecular weight excluding hydrogens is 338 g/mol. The van der Waals surface area contributed by atoms with E-state index in [1.165, 1.54) is 10.4 Å². The zero-order valence-corrected chi connectivity index (χ0v) is 14.4. The van der Waals surface area contributed by atoms with Crippen LogP contribution in [0.2, 0.25) is 0 Å². The lowest BCUT2D eigenvalue weighted by molar-refractivity contribution is 0.0731. The van der Waals surface area contributed by atoms with Crippen molar-refractivity contribution < 1.29 is 17.9 Å². The normalized spacial score (nSPS) is 21.1. The van der Waals surface area contributed by atoms with Crippen LogP contribution in [0.4, 0.5) is 0 Å². The molecule has 1 aromatic heterocycles. The Morgan fingerprint density at radius 3 is 2.78 bits per heavy atom. The molecule has 1 aliphatic carbocycles. The highest BCUT2D eigenvalue weighted by molar-refractivity contribution is 7.91. The molecule has 2 aliphatic rings. The molecule has 3 rings (SSSR count). The number of sulfonamides is 1. The number of carbonyl (C=O) groups excluding carboxylic acids is 1. The Bertz CT molecular complexity index is 663. The summed E-state index contributed by atoms with van der Waals surface area (Å²) in [5.74, 6) is 0.232. The molecule has 128 valence electrons. The van der Waals surface area contributed by atoms with Crippen molar-refractivity contribution in [3.63, 3.8) is 0 Å². The number of amides is 1. The van der Waals surface area contributed by atoms with Gasteiger partial charge < -0.3 is 15.8 Å². The first-order valence-electron chi connectivity index (χ1n) is 7.68. The Kier molecular flexibility index (Phi) is 5.02. The van der Waals surface area contributed by atoms with E-state index in [2.05, 4.69) is 5.32 Å². The standard InChI is InChI=1S/C14H21N3O4S2/c15-12(10-1-2-10)8-16-14(18)11-7-13(22-9-11)23(19,20)17-3-5-21-6-4-17/h7,9-10,12H,1-6,8,15H2,(H,16,18). The first kappa shape index (κ1) is 16.8. The molecule has 3 N–H and O–H groups in total. The third kappa shape index (κ3) is 3.92. The van der Waals surface area contributed by atoms with Gasteiger partial charge >= 0.3 is 0 Å². The Hall–Kier alpha value is -1.00. The quantitative estimate of drug-likeness (QED) is 0.757. The Labute approximate surface area is 139 Å². The van der Waals surface area contributed by atoms with Gasteiger partial charge in [0.1, 0.15) is 4.21 Å². The first-order chi connectivity index (χ1) is 11.0. The van der Waals surface area contributed by atoms with Gasteiger partial charge in [-0.2, -0.15) is 4.31 Å². The van der Waals surface area contributed by atoms with Crippen molar-refractivity contribution in [2.24, 2.45) is 11.7 Å². The summed E-state index contributed by atoms with van der Waals surface area (Å²) >= 11 is 1.07. The predicted molar refractivity (Wildman–Crippen MR) is 86.9 cm³/mol. The molecule has 7 nitrogen and oxygen atoms in total. The second-order valence-electron chi connectivity index (χ2n) is 5.88. The van der Waals surface area contributed by atoms with E-state index in [1.807, 2.05) is 0 Å². The van der Waals surface area contributed by atoms with Gasteiger partial charge in [0.2, 0.25) is 0 Å². The molecule has 2 heterocycles. The summed E-state index contributed by atoms with van der Waals surface area (Å²) in [6, 6.07) is 1.42. The number of carbonyl (C=O) groups is 1. The number of ether oxygens (including phenoxy) is 1. The molecule has 1 aliphatic heterocycles. The third-order valence-electron chi connectivity index (χ3n) is 4.13. The minimum absolute atomic E-state index is 0.0193. The summed E-state index contributed by atoms with van der Waals surface area (Å²) in [7, 11) is -3.54. The second-order valence-corrected chi connectivity index (χ2v) is 8.96. The van der Waals surface area contributed by atoms with Crippen LogP contribution in [0.3, 0.4) is 0 Å². The molecule has 0 bridgehead atoms. The first-order valence-corrected chi connectivity index (χ1v) is 10.0. The molecule has 1 aromatic rings. The highest BCUT2D eigenvalue weighted by Crippen LogP contribution is 2.31. The van der Waals surface area contributed by atoms with Crippen molar-refractivity contribution in [2.45, 2.75) is 23.1 Å². The van der Waals surface area contributed by atoms with Crippen LogP contribution < -0.4 is 11.1 Å². The Balaban J connectivity index is 1.63. The zero-order valence-electron chi connectivity index (χ0n) is 12.7. The van der Waals surface area contributed by atoms with E-state index in [0.29, 0.717) is 44.3 Å². The fraction of sp³-hybridized carbons (Fsp3) is 0.643. The summed E-state index contributed by atoms with van der Waals surface area (Å²) in [5, 5.41) is 4.35. The average Bonchev–Trinajstić information content (AvgIpc) is 3.29. The molecule has 1 saturated carbocycles. The lowest BCUT2D eigenvalue weighted by Gasteiger charge is -2.25. The summed E-state index contributed by atoms with van der Waals surface area (Å²) in [6.07, 6.45) is 2.24. The molecule has 0 radical (unpaired) electrons. The van der Waals surface area contributed by atoms with Crippen LogP contribution in [0.15, 0.2) is 15.7 Å². The number of nitrogens with zero attached hydrogens (tertiary/aromatic N) is 1.